The van der Waals surface area contributed by atoms with Crippen LogP contribution in [0, 0.1) is 17.1 Å². The summed E-state index contributed by atoms with van der Waals surface area (Å²) in [5.74, 6) is 0.735. The van der Waals surface area contributed by atoms with Gasteiger partial charge in [0.25, 0.3) is 5.91 Å². The molecule has 1 N–H and O–H groups in total. The van der Waals surface area contributed by atoms with E-state index < -0.39 is 5.82 Å². The Kier molecular flexibility index (Phi) is 7.31. The lowest BCUT2D eigenvalue weighted by atomic mass is 9.96. The van der Waals surface area contributed by atoms with Crippen LogP contribution in [-0.4, -0.2) is 44.9 Å². The lowest BCUT2D eigenvalue weighted by molar-refractivity contribution is 0.0882. The molecule has 1 aliphatic heterocycles. The molecule has 9 nitrogen and oxygen atoms in total. The van der Waals surface area contributed by atoms with E-state index in [1.807, 2.05) is 39.1 Å². The van der Waals surface area contributed by atoms with Gasteiger partial charge in [0.05, 0.1) is 24.3 Å². The molecule has 2 aromatic carbocycles. The summed E-state index contributed by atoms with van der Waals surface area (Å²) in [6.07, 6.45) is 3.66. The molecule has 1 saturated carbocycles. The number of carbonyl (C=O) groups is 1. The van der Waals surface area contributed by atoms with Gasteiger partial charge in [0, 0.05) is 55.0 Å². The monoisotopic (exact) mass is 565 g/mol. The summed E-state index contributed by atoms with van der Waals surface area (Å²) in [5, 5.41) is 21.2. The molecule has 0 unspecified atom stereocenters. The van der Waals surface area contributed by atoms with Crippen LogP contribution in [0.3, 0.4) is 0 Å². The van der Waals surface area contributed by atoms with Crippen molar-refractivity contribution in [2.75, 3.05) is 12.0 Å². The Bertz CT molecular complexity index is 1720. The molecular formula is C32H32FN7O2. The molecule has 6 rings (SSSR count). The molecule has 1 fully saturated rings. The first-order valence-corrected chi connectivity index (χ1v) is 14.1. The van der Waals surface area contributed by atoms with Crippen molar-refractivity contribution < 1.29 is 13.9 Å². The topological polar surface area (TPSA) is 109 Å². The van der Waals surface area contributed by atoms with Crippen LogP contribution in [0.1, 0.15) is 65.3 Å². The Morgan fingerprint density at radius 1 is 1.14 bits per heavy atom. The van der Waals surface area contributed by atoms with Crippen molar-refractivity contribution in [2.45, 2.75) is 57.8 Å². The van der Waals surface area contributed by atoms with Gasteiger partial charge in [-0.1, -0.05) is 6.07 Å². The number of halogens is 1. The minimum Gasteiger partial charge on any atom is -0.380 e. The predicted molar refractivity (Wildman–Crippen MR) is 156 cm³/mol. The number of rotatable bonds is 9. The fourth-order valence-electron chi connectivity index (χ4n) is 5.35. The van der Waals surface area contributed by atoms with Crippen LogP contribution in [-0.2, 0) is 24.9 Å². The third-order valence-corrected chi connectivity index (χ3v) is 8.27. The van der Waals surface area contributed by atoms with Crippen LogP contribution < -0.4 is 10.2 Å². The van der Waals surface area contributed by atoms with Crippen molar-refractivity contribution in [3.05, 3.63) is 82.6 Å². The lowest BCUT2D eigenvalue weighted by Crippen LogP contribution is -2.36. The van der Waals surface area contributed by atoms with Gasteiger partial charge in [-0.25, -0.2) is 9.37 Å². The van der Waals surface area contributed by atoms with Crippen LogP contribution in [0.25, 0.3) is 22.5 Å². The zero-order valence-corrected chi connectivity index (χ0v) is 24.1. The molecule has 10 heteroatoms. The number of nitrogens with one attached hydrogen (secondary N) is 1. The molecule has 4 aromatic rings. The van der Waals surface area contributed by atoms with Gasteiger partial charge in [-0.2, -0.15) is 5.26 Å². The van der Waals surface area contributed by atoms with Gasteiger partial charge < -0.3 is 14.6 Å². The number of aromatic nitrogens is 4. The first-order valence-electron chi connectivity index (χ1n) is 14.1. The second kappa shape index (κ2) is 11.1. The summed E-state index contributed by atoms with van der Waals surface area (Å²) in [6, 6.07) is 14.9. The van der Waals surface area contributed by atoms with E-state index in [1.165, 1.54) is 6.07 Å². The number of nitrogens with zero attached hydrogens (tertiary/aromatic N) is 6. The smallest absolute Gasteiger partial charge is 0.260 e. The highest BCUT2D eigenvalue weighted by Gasteiger charge is 2.34. The average molecular weight is 566 g/mol. The van der Waals surface area contributed by atoms with Gasteiger partial charge in [-0.05, 0) is 79.8 Å². The Labute approximate surface area is 244 Å². The number of hydrogen-bond donors (Lipinski definition) is 1. The molecule has 2 atom stereocenters. The van der Waals surface area contributed by atoms with Gasteiger partial charge in [-0.15, -0.1) is 10.2 Å². The highest BCUT2D eigenvalue weighted by Crippen LogP contribution is 2.43. The van der Waals surface area contributed by atoms with E-state index in [0.29, 0.717) is 46.4 Å². The minimum absolute atomic E-state index is 0.00861. The van der Waals surface area contributed by atoms with E-state index in [1.54, 1.807) is 41.1 Å². The van der Waals surface area contributed by atoms with Crippen LogP contribution in [0.15, 0.2) is 48.8 Å². The Hall–Kier alpha value is -4.46. The zero-order chi connectivity index (χ0) is 29.5. The number of carbonyl (C=O) groups excluding carboxylic acids is 1. The number of amides is 1. The van der Waals surface area contributed by atoms with Gasteiger partial charge >= 0.3 is 0 Å². The summed E-state index contributed by atoms with van der Waals surface area (Å²) < 4.78 is 22.5. The van der Waals surface area contributed by atoms with Gasteiger partial charge in [0.1, 0.15) is 18.0 Å². The van der Waals surface area contributed by atoms with Crippen molar-refractivity contribution in [1.82, 2.24) is 25.1 Å². The first-order chi connectivity index (χ1) is 20.3. The number of benzene rings is 2. The highest BCUT2D eigenvalue weighted by atomic mass is 19.1. The summed E-state index contributed by atoms with van der Waals surface area (Å²) in [4.78, 5) is 20.2. The number of ether oxygens (including phenoxy) is 1. The zero-order valence-electron chi connectivity index (χ0n) is 24.1. The molecule has 2 aliphatic rings. The van der Waals surface area contributed by atoms with Crippen molar-refractivity contribution in [3.8, 4) is 28.6 Å². The van der Waals surface area contributed by atoms with Gasteiger partial charge in [-0.3, -0.25) is 9.69 Å². The molecule has 42 heavy (non-hydrogen) atoms. The van der Waals surface area contributed by atoms with E-state index in [-0.39, 0.29) is 24.6 Å². The van der Waals surface area contributed by atoms with Gasteiger partial charge in [0.2, 0.25) is 0 Å². The van der Waals surface area contributed by atoms with E-state index in [9.17, 15) is 10.1 Å². The van der Waals surface area contributed by atoms with E-state index in [0.717, 1.165) is 35.2 Å². The molecule has 2 aromatic heterocycles. The second-order valence-corrected chi connectivity index (χ2v) is 11.2. The van der Waals surface area contributed by atoms with Crippen molar-refractivity contribution >= 4 is 11.7 Å². The number of pyridine rings is 1. The van der Waals surface area contributed by atoms with Crippen molar-refractivity contribution in [3.63, 3.8) is 0 Å². The number of hydrogen-bond acceptors (Lipinski definition) is 7. The minimum atomic E-state index is -0.400. The molecule has 0 spiro atoms. The summed E-state index contributed by atoms with van der Waals surface area (Å²) in [5.41, 5.74) is 5.28. The highest BCUT2D eigenvalue weighted by molar-refractivity contribution is 6.10. The number of fused-ring (bicyclic) bond motifs is 1. The van der Waals surface area contributed by atoms with Crippen LogP contribution in [0.4, 0.5) is 10.2 Å². The quantitative estimate of drug-likeness (QED) is 0.301. The largest absolute Gasteiger partial charge is 0.380 e. The SMILES string of the molecule is CO[C@H](C)[C@@H](C)NCc1cc(F)c2c(c1)C(=O)N(c1cc(-c3ccc(C#N)cc3-c3nncn3C)cc(C3CC3)n1)C2. The van der Waals surface area contributed by atoms with Crippen LogP contribution in [0.5, 0.6) is 0 Å². The standard InChI is InChI=1S/C32H32FN7O2/c1-18(19(2)42-4)35-15-21-10-26-27(28(33)11-21)16-40(32(26)41)30-13-23(12-29(37-30)22-6-7-22)24-8-5-20(14-34)9-25(24)31-38-36-17-39(31)3/h5,8-13,17-19,22,35H,6-7,15-16H2,1-4H3/t18-,19-/m1/s1. The fraction of sp³-hybridized carbons (Fsp3) is 0.344. The van der Waals surface area contributed by atoms with Crippen molar-refractivity contribution in [2.24, 2.45) is 7.05 Å². The molecule has 1 aliphatic carbocycles. The van der Waals surface area contributed by atoms with E-state index in [2.05, 4.69) is 21.6 Å². The number of aryl methyl sites for hydroxylation is 1. The molecular weight excluding hydrogens is 533 g/mol. The number of methoxy groups -OCH3 is 1. The summed E-state index contributed by atoms with van der Waals surface area (Å²) >= 11 is 0. The average Bonchev–Trinajstić information content (AvgIpc) is 3.69. The molecule has 214 valence electrons. The van der Waals surface area contributed by atoms with Crippen LogP contribution >= 0.6 is 0 Å². The third-order valence-electron chi connectivity index (χ3n) is 8.27. The Morgan fingerprint density at radius 3 is 2.64 bits per heavy atom. The Balaban J connectivity index is 1.37. The molecule has 0 radical (unpaired) electrons. The first kappa shape index (κ1) is 27.7. The maximum Gasteiger partial charge on any atom is 0.260 e. The summed E-state index contributed by atoms with van der Waals surface area (Å²) in [6.45, 7) is 4.49. The third kappa shape index (κ3) is 5.17. The number of anilines is 1. The maximum atomic E-state index is 15.4. The maximum absolute atomic E-state index is 15.4. The van der Waals surface area contributed by atoms with Crippen LogP contribution in [0.2, 0.25) is 0 Å². The van der Waals surface area contributed by atoms with Gasteiger partial charge in [0.15, 0.2) is 5.82 Å². The molecule has 0 bridgehead atoms. The van der Waals surface area contributed by atoms with E-state index in [4.69, 9.17) is 9.72 Å². The molecule has 0 saturated heterocycles. The fourth-order valence-corrected chi connectivity index (χ4v) is 5.35. The summed E-state index contributed by atoms with van der Waals surface area (Å²) in [7, 11) is 3.50. The number of nitriles is 1. The second-order valence-electron chi connectivity index (χ2n) is 11.2. The van der Waals surface area contributed by atoms with E-state index >= 15 is 4.39 Å². The predicted octanol–water partition coefficient (Wildman–Crippen LogP) is 5.11. The Morgan fingerprint density at radius 2 is 1.95 bits per heavy atom. The van der Waals surface area contributed by atoms with Crippen molar-refractivity contribution in [1.29, 1.82) is 5.26 Å². The lowest BCUT2D eigenvalue weighted by Gasteiger charge is -2.20. The molecule has 1 amide bonds. The molecule has 3 heterocycles. The normalized spacial score (nSPS) is 15.9.